The fourth-order valence-corrected chi connectivity index (χ4v) is 1.78. The van der Waals surface area contributed by atoms with Crippen molar-refractivity contribution in [1.29, 1.82) is 0 Å². The molecular formula is C10H17N3OS. The van der Waals surface area contributed by atoms with Gasteiger partial charge < -0.3 is 10.6 Å². The zero-order valence-electron chi connectivity index (χ0n) is 9.36. The van der Waals surface area contributed by atoms with E-state index in [1.54, 1.807) is 17.5 Å². The number of hydrogen-bond donors (Lipinski definition) is 1. The van der Waals surface area contributed by atoms with Crippen LogP contribution in [0.5, 0.6) is 0 Å². The minimum atomic E-state index is -0.495. The molecule has 0 aromatic carbocycles. The molecule has 2 N–H and O–H groups in total. The summed E-state index contributed by atoms with van der Waals surface area (Å²) in [4.78, 5) is 17.8. The molecule has 0 aliphatic rings. The third-order valence-electron chi connectivity index (χ3n) is 2.32. The lowest BCUT2D eigenvalue weighted by Gasteiger charge is -2.27. The van der Waals surface area contributed by atoms with Gasteiger partial charge in [0.1, 0.15) is 0 Å². The number of amides is 1. The second-order valence-electron chi connectivity index (χ2n) is 4.23. The Balaban J connectivity index is 2.61. The van der Waals surface area contributed by atoms with Crippen LogP contribution in [-0.4, -0.2) is 29.4 Å². The highest BCUT2D eigenvalue weighted by molar-refractivity contribution is 7.07. The lowest BCUT2D eigenvalue weighted by atomic mass is 9.92. The molecule has 1 heterocycles. The molecule has 0 saturated carbocycles. The number of nitrogens with zero attached hydrogens (tertiary/aromatic N) is 2. The molecule has 0 aliphatic carbocycles. The van der Waals surface area contributed by atoms with E-state index in [1.165, 1.54) is 11.3 Å². The van der Waals surface area contributed by atoms with E-state index in [9.17, 15) is 4.79 Å². The minimum absolute atomic E-state index is 0.0537. The van der Waals surface area contributed by atoms with Crippen molar-refractivity contribution in [2.75, 3.05) is 13.6 Å². The fourth-order valence-electron chi connectivity index (χ4n) is 1.23. The highest BCUT2D eigenvalue weighted by atomic mass is 32.1. The number of nitrogens with two attached hydrogens (primary N) is 1. The average molecular weight is 227 g/mol. The molecule has 1 amide bonds. The Morgan fingerprint density at radius 1 is 1.67 bits per heavy atom. The molecule has 0 unspecified atom stereocenters. The number of thiazole rings is 1. The fraction of sp³-hybridized carbons (Fsp3) is 0.600. The Kier molecular flexibility index (Phi) is 3.82. The number of carbonyl (C=O) groups is 1. The predicted molar refractivity (Wildman–Crippen MR) is 61.4 cm³/mol. The Bertz CT molecular complexity index is 321. The normalized spacial score (nSPS) is 11.5. The summed E-state index contributed by atoms with van der Waals surface area (Å²) in [7, 11) is 1.78. The second-order valence-corrected chi connectivity index (χ2v) is 4.95. The third kappa shape index (κ3) is 3.00. The van der Waals surface area contributed by atoms with Gasteiger partial charge in [-0.05, 0) is 13.8 Å². The van der Waals surface area contributed by atoms with Crippen LogP contribution in [0.3, 0.4) is 0 Å². The number of carbonyl (C=O) groups excluding carboxylic acids is 1. The van der Waals surface area contributed by atoms with Crippen molar-refractivity contribution in [3.05, 3.63) is 16.6 Å². The molecule has 0 saturated heterocycles. The monoisotopic (exact) mass is 227 g/mol. The van der Waals surface area contributed by atoms with Gasteiger partial charge in [-0.2, -0.15) is 0 Å². The Morgan fingerprint density at radius 3 is 2.80 bits per heavy atom. The highest BCUT2D eigenvalue weighted by Crippen LogP contribution is 2.17. The van der Waals surface area contributed by atoms with Crippen molar-refractivity contribution < 1.29 is 4.79 Å². The van der Waals surface area contributed by atoms with Crippen LogP contribution in [-0.2, 0) is 11.3 Å². The maximum Gasteiger partial charge on any atom is 0.229 e. The average Bonchev–Trinajstić information content (AvgIpc) is 2.69. The van der Waals surface area contributed by atoms with Crippen LogP contribution in [0.25, 0.3) is 0 Å². The van der Waals surface area contributed by atoms with Crippen LogP contribution < -0.4 is 5.73 Å². The van der Waals surface area contributed by atoms with E-state index in [4.69, 9.17) is 5.73 Å². The summed E-state index contributed by atoms with van der Waals surface area (Å²) in [5.74, 6) is 0.0537. The lowest BCUT2D eigenvalue weighted by Crippen LogP contribution is -2.42. The Morgan fingerprint density at radius 2 is 2.33 bits per heavy atom. The van der Waals surface area contributed by atoms with E-state index >= 15 is 0 Å². The first-order valence-corrected chi connectivity index (χ1v) is 5.74. The first-order chi connectivity index (χ1) is 6.97. The second kappa shape index (κ2) is 4.72. The largest absolute Gasteiger partial charge is 0.339 e. The molecule has 84 valence electrons. The third-order valence-corrected chi connectivity index (χ3v) is 2.95. The number of aromatic nitrogens is 1. The minimum Gasteiger partial charge on any atom is -0.339 e. The quantitative estimate of drug-likeness (QED) is 0.837. The van der Waals surface area contributed by atoms with E-state index in [-0.39, 0.29) is 5.91 Å². The maximum absolute atomic E-state index is 11.9. The van der Waals surface area contributed by atoms with E-state index < -0.39 is 5.41 Å². The summed E-state index contributed by atoms with van der Waals surface area (Å²) in [6, 6.07) is 0. The molecule has 0 spiro atoms. The van der Waals surface area contributed by atoms with Crippen LogP contribution in [0, 0.1) is 5.41 Å². The van der Waals surface area contributed by atoms with Crippen molar-refractivity contribution in [1.82, 2.24) is 9.88 Å². The summed E-state index contributed by atoms with van der Waals surface area (Å²) < 4.78 is 0. The molecule has 0 atom stereocenters. The van der Waals surface area contributed by atoms with E-state index in [1.807, 2.05) is 19.2 Å². The van der Waals surface area contributed by atoms with Crippen LogP contribution in [0.1, 0.15) is 19.5 Å². The van der Waals surface area contributed by atoms with E-state index in [0.29, 0.717) is 13.1 Å². The molecule has 0 bridgehead atoms. The van der Waals surface area contributed by atoms with E-state index in [0.717, 1.165) is 5.69 Å². The van der Waals surface area contributed by atoms with Gasteiger partial charge in [-0.3, -0.25) is 4.79 Å². The smallest absolute Gasteiger partial charge is 0.229 e. The molecule has 0 radical (unpaired) electrons. The van der Waals surface area contributed by atoms with Gasteiger partial charge in [0.25, 0.3) is 0 Å². The topological polar surface area (TPSA) is 59.2 Å². The molecule has 0 fully saturated rings. The molecular weight excluding hydrogens is 210 g/mol. The molecule has 0 aliphatic heterocycles. The predicted octanol–water partition coefficient (Wildman–Crippen LogP) is 1.09. The first-order valence-electron chi connectivity index (χ1n) is 4.80. The van der Waals surface area contributed by atoms with Gasteiger partial charge in [0.15, 0.2) is 0 Å². The SMILES string of the molecule is CN(Cc1cscn1)C(=O)C(C)(C)CN. The lowest BCUT2D eigenvalue weighted by molar-refractivity contribution is -0.139. The van der Waals surface area contributed by atoms with E-state index in [2.05, 4.69) is 4.98 Å². The van der Waals surface area contributed by atoms with Crippen molar-refractivity contribution in [3.8, 4) is 0 Å². The molecule has 1 rings (SSSR count). The molecule has 4 nitrogen and oxygen atoms in total. The summed E-state index contributed by atoms with van der Waals surface area (Å²) >= 11 is 1.53. The number of hydrogen-bond acceptors (Lipinski definition) is 4. The van der Waals surface area contributed by atoms with Crippen molar-refractivity contribution >= 4 is 17.2 Å². The Labute approximate surface area is 94.1 Å². The first kappa shape index (κ1) is 12.1. The molecule has 5 heteroatoms. The number of rotatable bonds is 4. The standard InChI is InChI=1S/C10H17N3OS/c1-10(2,6-11)9(14)13(3)4-8-5-15-7-12-8/h5,7H,4,6,11H2,1-3H3. The molecule has 15 heavy (non-hydrogen) atoms. The van der Waals surface area contributed by atoms with Gasteiger partial charge in [-0.1, -0.05) is 0 Å². The van der Waals surface area contributed by atoms with Crippen LogP contribution >= 0.6 is 11.3 Å². The Hall–Kier alpha value is -0.940. The zero-order chi connectivity index (χ0) is 11.5. The van der Waals surface area contributed by atoms with Crippen molar-refractivity contribution in [3.63, 3.8) is 0 Å². The van der Waals surface area contributed by atoms with Crippen molar-refractivity contribution in [2.45, 2.75) is 20.4 Å². The van der Waals surface area contributed by atoms with Gasteiger partial charge in [0.05, 0.1) is 23.2 Å². The van der Waals surface area contributed by atoms with Crippen molar-refractivity contribution in [2.24, 2.45) is 11.1 Å². The summed E-state index contributed by atoms with van der Waals surface area (Å²) in [5.41, 5.74) is 7.75. The van der Waals surface area contributed by atoms with Crippen LogP contribution in [0.15, 0.2) is 10.9 Å². The zero-order valence-corrected chi connectivity index (χ0v) is 10.2. The van der Waals surface area contributed by atoms with Gasteiger partial charge in [-0.25, -0.2) is 4.98 Å². The van der Waals surface area contributed by atoms with Gasteiger partial charge in [-0.15, -0.1) is 11.3 Å². The highest BCUT2D eigenvalue weighted by Gasteiger charge is 2.28. The van der Waals surface area contributed by atoms with Gasteiger partial charge in [0.2, 0.25) is 5.91 Å². The summed E-state index contributed by atoms with van der Waals surface area (Å²) in [5, 5.41) is 1.94. The van der Waals surface area contributed by atoms with Crippen LogP contribution in [0.4, 0.5) is 0 Å². The molecule has 1 aromatic heterocycles. The molecule has 1 aromatic rings. The van der Waals surface area contributed by atoms with Gasteiger partial charge >= 0.3 is 0 Å². The van der Waals surface area contributed by atoms with Gasteiger partial charge in [0, 0.05) is 19.0 Å². The maximum atomic E-state index is 11.9. The summed E-state index contributed by atoms with van der Waals surface area (Å²) in [6.45, 7) is 4.61. The summed E-state index contributed by atoms with van der Waals surface area (Å²) in [6.07, 6.45) is 0. The van der Waals surface area contributed by atoms with Crippen LogP contribution in [0.2, 0.25) is 0 Å².